The van der Waals surface area contributed by atoms with Crippen LogP contribution in [0.1, 0.15) is 70.4 Å². The lowest BCUT2D eigenvalue weighted by Gasteiger charge is -2.42. The van der Waals surface area contributed by atoms with Gasteiger partial charge in [0.2, 0.25) is 5.60 Å². The van der Waals surface area contributed by atoms with Crippen molar-refractivity contribution in [3.05, 3.63) is 35.4 Å². The Morgan fingerprint density at radius 2 is 1.85 bits per heavy atom. The summed E-state index contributed by atoms with van der Waals surface area (Å²) < 4.78 is 0. The van der Waals surface area contributed by atoms with Crippen molar-refractivity contribution in [3.8, 4) is 11.8 Å². The monoisotopic (exact) mass is 357 g/mol. The van der Waals surface area contributed by atoms with Gasteiger partial charge in [-0.15, -0.1) is 0 Å². The maximum absolute atomic E-state index is 12.7. The number of hydrogen-bond donors (Lipinski definition) is 1. The van der Waals surface area contributed by atoms with Gasteiger partial charge in [-0.25, -0.2) is 4.79 Å². The second-order valence-corrected chi connectivity index (χ2v) is 6.78. The quantitative estimate of drug-likeness (QED) is 0.573. The number of carbonyl (C=O) groups is 1. The highest BCUT2D eigenvalue weighted by molar-refractivity contribution is 5.81. The third-order valence-corrected chi connectivity index (χ3v) is 5.20. The van der Waals surface area contributed by atoms with Crippen LogP contribution >= 0.6 is 0 Å². The Kier molecular flexibility index (Phi) is 7.68. The number of hydroxylamine groups is 2. The molecule has 0 amide bonds. The van der Waals surface area contributed by atoms with Crippen LogP contribution in [-0.4, -0.2) is 29.2 Å². The van der Waals surface area contributed by atoms with Crippen molar-refractivity contribution >= 4 is 5.97 Å². The van der Waals surface area contributed by atoms with Crippen molar-refractivity contribution < 1.29 is 14.7 Å². The van der Waals surface area contributed by atoms with Gasteiger partial charge in [0.15, 0.2) is 0 Å². The summed E-state index contributed by atoms with van der Waals surface area (Å²) in [6.07, 6.45) is 5.71. The highest BCUT2D eigenvalue weighted by Crippen LogP contribution is 2.44. The molecular formula is C22H31NO3. The normalized spacial score (nSPS) is 17.4. The molecule has 2 rings (SSSR count). The summed E-state index contributed by atoms with van der Waals surface area (Å²) in [6, 6.07) is 7.59. The van der Waals surface area contributed by atoms with Crippen LogP contribution in [0.5, 0.6) is 0 Å². The summed E-state index contributed by atoms with van der Waals surface area (Å²) in [5, 5.41) is 12.2. The molecule has 0 heterocycles. The predicted octanol–water partition coefficient (Wildman–Crippen LogP) is 4.58. The zero-order valence-corrected chi connectivity index (χ0v) is 16.3. The molecule has 1 aromatic rings. The standard InChI is InChI=1S/C22H31NO3/c1-4-7-13-18-14-11-12-17-20(18)22(21(24)25,26-23(5-2)6-3)19-15-9-8-10-16-19/h11-12,14,17,19H,4-6,8-10,15-16H2,1-3H3,(H,24,25). The van der Waals surface area contributed by atoms with E-state index in [1.165, 1.54) is 0 Å². The number of benzene rings is 1. The van der Waals surface area contributed by atoms with Gasteiger partial charge < -0.3 is 5.11 Å². The Morgan fingerprint density at radius 3 is 2.42 bits per heavy atom. The molecule has 4 nitrogen and oxygen atoms in total. The van der Waals surface area contributed by atoms with Crippen molar-refractivity contribution in [2.75, 3.05) is 13.1 Å². The molecule has 1 saturated carbocycles. The molecule has 142 valence electrons. The van der Waals surface area contributed by atoms with Gasteiger partial charge in [0.1, 0.15) is 0 Å². The first kappa shape index (κ1) is 20.5. The Labute approximate surface area is 157 Å². The second kappa shape index (κ2) is 9.75. The van der Waals surface area contributed by atoms with Gasteiger partial charge in [0, 0.05) is 36.6 Å². The first-order valence-electron chi connectivity index (χ1n) is 9.85. The Morgan fingerprint density at radius 1 is 1.19 bits per heavy atom. The molecule has 1 fully saturated rings. The predicted molar refractivity (Wildman–Crippen MR) is 104 cm³/mol. The van der Waals surface area contributed by atoms with E-state index >= 15 is 0 Å². The van der Waals surface area contributed by atoms with Crippen LogP contribution in [0.3, 0.4) is 0 Å². The molecule has 0 aliphatic heterocycles. The maximum Gasteiger partial charge on any atom is 0.343 e. The van der Waals surface area contributed by atoms with E-state index in [4.69, 9.17) is 4.84 Å². The van der Waals surface area contributed by atoms with Crippen molar-refractivity contribution in [1.82, 2.24) is 5.06 Å². The summed E-state index contributed by atoms with van der Waals surface area (Å²) in [5.74, 6) is 5.28. The summed E-state index contributed by atoms with van der Waals surface area (Å²) in [5.41, 5.74) is 0.0626. The number of hydrogen-bond acceptors (Lipinski definition) is 3. The zero-order valence-electron chi connectivity index (χ0n) is 16.3. The van der Waals surface area contributed by atoms with E-state index in [1.807, 2.05) is 45.0 Å². The van der Waals surface area contributed by atoms with Gasteiger partial charge in [-0.3, -0.25) is 4.84 Å². The first-order valence-corrected chi connectivity index (χ1v) is 9.85. The maximum atomic E-state index is 12.7. The van der Waals surface area contributed by atoms with Gasteiger partial charge in [-0.1, -0.05) is 70.1 Å². The van der Waals surface area contributed by atoms with Crippen LogP contribution in [0.2, 0.25) is 0 Å². The van der Waals surface area contributed by atoms with Gasteiger partial charge >= 0.3 is 5.97 Å². The number of rotatable bonds is 7. The lowest BCUT2D eigenvalue weighted by atomic mass is 9.72. The molecule has 1 aliphatic carbocycles. The average molecular weight is 357 g/mol. The van der Waals surface area contributed by atoms with Gasteiger partial charge in [-0.2, -0.15) is 5.06 Å². The van der Waals surface area contributed by atoms with E-state index in [2.05, 4.69) is 11.8 Å². The molecule has 1 unspecified atom stereocenters. The second-order valence-electron chi connectivity index (χ2n) is 6.78. The molecule has 1 atom stereocenters. The van der Waals surface area contributed by atoms with Crippen molar-refractivity contribution in [1.29, 1.82) is 0 Å². The van der Waals surface area contributed by atoms with Crippen LogP contribution in [0.4, 0.5) is 0 Å². The highest BCUT2D eigenvalue weighted by atomic mass is 16.7. The van der Waals surface area contributed by atoms with Crippen LogP contribution in [0.25, 0.3) is 0 Å². The fourth-order valence-corrected chi connectivity index (χ4v) is 3.84. The fourth-order valence-electron chi connectivity index (χ4n) is 3.84. The fraction of sp³-hybridized carbons (Fsp3) is 0.591. The Bertz CT molecular complexity index is 651. The molecule has 4 heteroatoms. The molecule has 1 aromatic carbocycles. The number of nitrogens with zero attached hydrogens (tertiary/aromatic N) is 1. The van der Waals surface area contributed by atoms with Crippen molar-refractivity contribution in [3.63, 3.8) is 0 Å². The minimum Gasteiger partial charge on any atom is -0.479 e. The summed E-state index contributed by atoms with van der Waals surface area (Å²) in [4.78, 5) is 19.0. The van der Waals surface area contributed by atoms with Crippen LogP contribution < -0.4 is 0 Å². The van der Waals surface area contributed by atoms with Crippen LogP contribution in [-0.2, 0) is 15.2 Å². The highest BCUT2D eigenvalue weighted by Gasteiger charge is 2.51. The molecule has 0 aromatic heterocycles. The molecule has 0 radical (unpaired) electrons. The van der Waals surface area contributed by atoms with Crippen LogP contribution in [0, 0.1) is 17.8 Å². The minimum absolute atomic E-state index is 0.0565. The minimum atomic E-state index is -1.38. The van der Waals surface area contributed by atoms with E-state index in [0.717, 1.165) is 44.1 Å². The van der Waals surface area contributed by atoms with E-state index < -0.39 is 11.6 Å². The zero-order chi connectivity index (χ0) is 19.0. The molecule has 1 N–H and O–H groups in total. The molecular weight excluding hydrogens is 326 g/mol. The van der Waals surface area contributed by atoms with E-state index in [-0.39, 0.29) is 5.92 Å². The van der Waals surface area contributed by atoms with E-state index in [1.54, 1.807) is 5.06 Å². The number of carboxylic acids is 1. The third kappa shape index (κ3) is 4.28. The average Bonchev–Trinajstić information content (AvgIpc) is 2.68. The smallest absolute Gasteiger partial charge is 0.343 e. The molecule has 0 bridgehead atoms. The SMILES string of the molecule is CCC#Cc1ccccc1C(ON(CC)CC)(C(=O)O)C1CCCCC1. The number of aliphatic carboxylic acids is 1. The molecule has 0 saturated heterocycles. The topological polar surface area (TPSA) is 49.8 Å². The van der Waals surface area contributed by atoms with Crippen molar-refractivity contribution in [2.45, 2.75) is 64.9 Å². The Hall–Kier alpha value is -1.83. The first-order chi connectivity index (χ1) is 12.6. The largest absolute Gasteiger partial charge is 0.479 e. The molecule has 26 heavy (non-hydrogen) atoms. The van der Waals surface area contributed by atoms with Gasteiger partial charge in [-0.05, 0) is 18.9 Å². The lowest BCUT2D eigenvalue weighted by molar-refractivity contribution is -0.271. The molecule has 1 aliphatic rings. The summed E-state index contributed by atoms with van der Waals surface area (Å²) in [6.45, 7) is 7.25. The van der Waals surface area contributed by atoms with E-state index in [0.29, 0.717) is 18.7 Å². The van der Waals surface area contributed by atoms with Crippen molar-refractivity contribution in [2.24, 2.45) is 5.92 Å². The van der Waals surface area contributed by atoms with Gasteiger partial charge in [0.05, 0.1) is 0 Å². The summed E-state index contributed by atoms with van der Waals surface area (Å²) in [7, 11) is 0. The number of carboxylic acid groups (broad SMARTS) is 1. The molecule has 0 spiro atoms. The van der Waals surface area contributed by atoms with Crippen LogP contribution in [0.15, 0.2) is 24.3 Å². The third-order valence-electron chi connectivity index (χ3n) is 5.20. The Balaban J connectivity index is 2.63. The van der Waals surface area contributed by atoms with Gasteiger partial charge in [0.25, 0.3) is 0 Å². The lowest BCUT2D eigenvalue weighted by Crippen LogP contribution is -2.51. The summed E-state index contributed by atoms with van der Waals surface area (Å²) >= 11 is 0. The van der Waals surface area contributed by atoms with E-state index in [9.17, 15) is 9.90 Å².